The van der Waals surface area contributed by atoms with E-state index in [-0.39, 0.29) is 0 Å². The van der Waals surface area contributed by atoms with E-state index in [0.29, 0.717) is 23.1 Å². The Hall–Kier alpha value is -1.52. The lowest BCUT2D eigenvalue weighted by Gasteiger charge is -2.13. The molecule has 0 aliphatic heterocycles. The Morgan fingerprint density at radius 2 is 1.57 bits per heavy atom. The van der Waals surface area contributed by atoms with E-state index in [1.807, 2.05) is 42.5 Å². The molecule has 0 aliphatic rings. The number of methoxy groups -OCH3 is 2. The van der Waals surface area contributed by atoms with Crippen LogP contribution in [0, 0.1) is 0 Å². The Morgan fingerprint density at radius 1 is 1.00 bits per heavy atom. The van der Waals surface area contributed by atoms with Gasteiger partial charge in [-0.3, -0.25) is 4.21 Å². The molecule has 2 rings (SSSR count). The summed E-state index contributed by atoms with van der Waals surface area (Å²) < 4.78 is 23.1. The summed E-state index contributed by atoms with van der Waals surface area (Å²) in [5.41, 5.74) is 1.69. The molecule has 0 aliphatic carbocycles. The molecule has 1 atom stereocenters. The van der Waals surface area contributed by atoms with Crippen molar-refractivity contribution in [3.63, 3.8) is 0 Å². The molecule has 0 heterocycles. The third kappa shape index (κ3) is 3.77. The Kier molecular flexibility index (Phi) is 5.65. The van der Waals surface area contributed by atoms with Crippen molar-refractivity contribution in [2.75, 3.05) is 14.2 Å². The molecule has 21 heavy (non-hydrogen) atoms. The molecule has 0 amide bonds. The number of ether oxygens (including phenoxy) is 2. The van der Waals surface area contributed by atoms with Gasteiger partial charge in [-0.2, -0.15) is 0 Å². The average molecular weight is 325 g/mol. The summed E-state index contributed by atoms with van der Waals surface area (Å²) in [7, 11) is 2.05. The summed E-state index contributed by atoms with van der Waals surface area (Å²) in [4.78, 5) is 0.792. The van der Waals surface area contributed by atoms with Gasteiger partial charge in [-0.05, 0) is 24.3 Å². The van der Waals surface area contributed by atoms with Crippen LogP contribution in [-0.2, 0) is 22.4 Å². The summed E-state index contributed by atoms with van der Waals surface area (Å²) in [6.45, 7) is 0. The van der Waals surface area contributed by atoms with Crippen molar-refractivity contribution in [2.45, 2.75) is 16.5 Å². The minimum atomic E-state index is -1.13. The van der Waals surface area contributed by atoms with E-state index in [1.54, 1.807) is 14.2 Å². The van der Waals surface area contributed by atoms with E-state index >= 15 is 0 Å². The molecule has 0 N–H and O–H groups in total. The molecule has 0 spiro atoms. The Morgan fingerprint density at radius 3 is 2.14 bits per heavy atom. The van der Waals surface area contributed by atoms with Crippen molar-refractivity contribution in [3.8, 4) is 11.5 Å². The van der Waals surface area contributed by atoms with E-state index in [1.165, 1.54) is 0 Å². The highest BCUT2D eigenvalue weighted by Crippen LogP contribution is 2.31. The van der Waals surface area contributed by atoms with Crippen LogP contribution in [0.5, 0.6) is 11.5 Å². The summed E-state index contributed by atoms with van der Waals surface area (Å²) in [6, 6.07) is 13.0. The lowest BCUT2D eigenvalue weighted by molar-refractivity contribution is 0.397. The smallest absolute Gasteiger partial charge is 0.123 e. The third-order valence-electron chi connectivity index (χ3n) is 3.12. The Balaban J connectivity index is 2.32. The largest absolute Gasteiger partial charge is 0.496 e. The summed E-state index contributed by atoms with van der Waals surface area (Å²) in [5.74, 6) is 2.06. The topological polar surface area (TPSA) is 35.5 Å². The van der Waals surface area contributed by atoms with Gasteiger partial charge in [0.1, 0.15) is 11.5 Å². The van der Waals surface area contributed by atoms with E-state index in [4.69, 9.17) is 21.1 Å². The molecule has 0 aromatic heterocycles. The first-order valence-electron chi connectivity index (χ1n) is 6.42. The van der Waals surface area contributed by atoms with Gasteiger partial charge in [0.05, 0.1) is 36.7 Å². The van der Waals surface area contributed by atoms with Crippen LogP contribution in [0.1, 0.15) is 11.1 Å². The monoisotopic (exact) mass is 324 g/mol. The zero-order valence-electron chi connectivity index (χ0n) is 12.0. The molecule has 0 radical (unpaired) electrons. The van der Waals surface area contributed by atoms with Crippen molar-refractivity contribution in [1.29, 1.82) is 0 Å². The summed E-state index contributed by atoms with van der Waals surface area (Å²) in [6.07, 6.45) is 0. The first-order valence-corrected chi connectivity index (χ1v) is 8.28. The number of hydrogen-bond acceptors (Lipinski definition) is 3. The second-order valence-electron chi connectivity index (χ2n) is 4.41. The second-order valence-corrected chi connectivity index (χ2v) is 6.13. The zero-order chi connectivity index (χ0) is 15.2. The van der Waals surface area contributed by atoms with Gasteiger partial charge < -0.3 is 9.47 Å². The predicted octanol–water partition coefficient (Wildman–Crippen LogP) is 3.75. The van der Waals surface area contributed by atoms with Crippen LogP contribution >= 0.6 is 11.6 Å². The SMILES string of the molecule is COc1cc(CS(=O)c2ccccc2)c(OC)cc1CCl. The van der Waals surface area contributed by atoms with Gasteiger partial charge in [0.2, 0.25) is 0 Å². The molecular weight excluding hydrogens is 308 g/mol. The van der Waals surface area contributed by atoms with E-state index < -0.39 is 10.8 Å². The number of rotatable bonds is 6. The maximum Gasteiger partial charge on any atom is 0.123 e. The molecular formula is C16H17ClO3S. The molecule has 2 aromatic rings. The fraction of sp³-hybridized carbons (Fsp3) is 0.250. The van der Waals surface area contributed by atoms with Gasteiger partial charge in [-0.15, -0.1) is 11.6 Å². The van der Waals surface area contributed by atoms with Crippen molar-refractivity contribution in [3.05, 3.63) is 53.6 Å². The molecule has 0 bridgehead atoms. The lowest BCUT2D eigenvalue weighted by atomic mass is 10.1. The second kappa shape index (κ2) is 7.48. The first-order chi connectivity index (χ1) is 10.2. The van der Waals surface area contributed by atoms with E-state index in [9.17, 15) is 4.21 Å². The van der Waals surface area contributed by atoms with Crippen LogP contribution in [0.25, 0.3) is 0 Å². The number of benzene rings is 2. The third-order valence-corrected chi connectivity index (χ3v) is 4.78. The predicted molar refractivity (Wildman–Crippen MR) is 85.7 cm³/mol. The molecule has 0 saturated carbocycles. The van der Waals surface area contributed by atoms with E-state index in [0.717, 1.165) is 16.0 Å². The fourth-order valence-electron chi connectivity index (χ4n) is 2.04. The van der Waals surface area contributed by atoms with Crippen LogP contribution in [0.2, 0.25) is 0 Å². The van der Waals surface area contributed by atoms with Crippen LogP contribution < -0.4 is 9.47 Å². The summed E-state index contributed by atoms with van der Waals surface area (Å²) in [5, 5.41) is 0. The summed E-state index contributed by atoms with van der Waals surface area (Å²) >= 11 is 5.90. The standard InChI is InChI=1S/C16H17ClO3S/c1-19-15-9-13(16(20-2)8-12(15)10-17)11-21(18)14-6-4-3-5-7-14/h3-9H,10-11H2,1-2H3. The van der Waals surface area contributed by atoms with Crippen LogP contribution in [-0.4, -0.2) is 18.4 Å². The van der Waals surface area contributed by atoms with Gasteiger partial charge in [-0.25, -0.2) is 0 Å². The van der Waals surface area contributed by atoms with Gasteiger partial charge in [0.15, 0.2) is 0 Å². The molecule has 0 saturated heterocycles. The van der Waals surface area contributed by atoms with Gasteiger partial charge in [0, 0.05) is 16.0 Å². The van der Waals surface area contributed by atoms with Crippen LogP contribution in [0.4, 0.5) is 0 Å². The van der Waals surface area contributed by atoms with Crippen LogP contribution in [0.3, 0.4) is 0 Å². The van der Waals surface area contributed by atoms with Crippen molar-refractivity contribution < 1.29 is 13.7 Å². The first kappa shape index (κ1) is 15.9. The molecule has 3 nitrogen and oxygen atoms in total. The molecule has 5 heteroatoms. The van der Waals surface area contributed by atoms with Gasteiger partial charge in [0.25, 0.3) is 0 Å². The number of hydrogen-bond donors (Lipinski definition) is 0. The highest BCUT2D eigenvalue weighted by Gasteiger charge is 2.14. The Bertz CT molecular complexity index is 629. The highest BCUT2D eigenvalue weighted by molar-refractivity contribution is 7.84. The minimum absolute atomic E-state index is 0.335. The normalized spacial score (nSPS) is 12.0. The van der Waals surface area contributed by atoms with Crippen molar-refractivity contribution in [1.82, 2.24) is 0 Å². The molecule has 0 fully saturated rings. The molecule has 112 valence electrons. The average Bonchev–Trinajstić information content (AvgIpc) is 2.55. The van der Waals surface area contributed by atoms with Gasteiger partial charge in [-0.1, -0.05) is 18.2 Å². The van der Waals surface area contributed by atoms with E-state index in [2.05, 4.69) is 0 Å². The van der Waals surface area contributed by atoms with Crippen LogP contribution in [0.15, 0.2) is 47.4 Å². The molecule has 1 unspecified atom stereocenters. The maximum atomic E-state index is 12.4. The minimum Gasteiger partial charge on any atom is -0.496 e. The quantitative estimate of drug-likeness (QED) is 0.759. The maximum absolute atomic E-state index is 12.4. The Labute approximate surface area is 132 Å². The fourth-order valence-corrected chi connectivity index (χ4v) is 3.38. The lowest BCUT2D eigenvalue weighted by Crippen LogP contribution is -2.01. The van der Waals surface area contributed by atoms with Gasteiger partial charge >= 0.3 is 0 Å². The van der Waals surface area contributed by atoms with Crippen molar-refractivity contribution in [2.24, 2.45) is 0 Å². The molecule has 2 aromatic carbocycles. The zero-order valence-corrected chi connectivity index (χ0v) is 13.5. The highest BCUT2D eigenvalue weighted by atomic mass is 35.5. The number of halogens is 1. The van der Waals surface area contributed by atoms with Crippen molar-refractivity contribution >= 4 is 22.4 Å². The number of alkyl halides is 1.